The third kappa shape index (κ3) is 3.06. The van der Waals surface area contributed by atoms with Crippen molar-refractivity contribution in [1.29, 1.82) is 0 Å². The molecule has 2 aromatic carbocycles. The Kier molecular flexibility index (Phi) is 4.17. The summed E-state index contributed by atoms with van der Waals surface area (Å²) in [7, 11) is 0. The smallest absolute Gasteiger partial charge is 0.257 e. The van der Waals surface area contributed by atoms with E-state index >= 15 is 0 Å². The summed E-state index contributed by atoms with van der Waals surface area (Å²) in [4.78, 5) is 12.5. The van der Waals surface area contributed by atoms with Crippen molar-refractivity contribution in [2.24, 2.45) is 0 Å². The van der Waals surface area contributed by atoms with Gasteiger partial charge in [0, 0.05) is 21.7 Å². The summed E-state index contributed by atoms with van der Waals surface area (Å²) in [6.45, 7) is 0.890. The Morgan fingerprint density at radius 3 is 2.95 bits per heavy atom. The van der Waals surface area contributed by atoms with Gasteiger partial charge in [-0.25, -0.2) is 0 Å². The normalized spacial score (nSPS) is 13.2. The lowest BCUT2D eigenvalue weighted by atomic mass is 9.99. The third-order valence-electron chi connectivity index (χ3n) is 3.49. The van der Waals surface area contributed by atoms with Crippen LogP contribution in [0.2, 0.25) is 5.02 Å². The zero-order valence-corrected chi connectivity index (χ0v) is 13.6. The molecule has 5 heteroatoms. The number of carbonyl (C=O) groups is 1. The third-order valence-corrected chi connectivity index (χ3v) is 4.47. The Morgan fingerprint density at radius 2 is 2.14 bits per heavy atom. The summed E-state index contributed by atoms with van der Waals surface area (Å²) in [5.41, 5.74) is 3.45. The van der Waals surface area contributed by atoms with Crippen LogP contribution in [0.3, 0.4) is 0 Å². The molecule has 0 atom stereocenters. The fraction of sp³-hybridized carbons (Fsp3) is 0.188. The van der Waals surface area contributed by atoms with E-state index in [4.69, 9.17) is 11.6 Å². The van der Waals surface area contributed by atoms with Gasteiger partial charge >= 0.3 is 0 Å². The molecule has 108 valence electrons. The molecule has 1 aliphatic heterocycles. The van der Waals surface area contributed by atoms with E-state index in [1.807, 2.05) is 24.3 Å². The number of anilines is 2. The minimum atomic E-state index is -0.129. The van der Waals surface area contributed by atoms with Gasteiger partial charge in [-0.3, -0.25) is 4.79 Å². The van der Waals surface area contributed by atoms with Crippen LogP contribution in [0.5, 0.6) is 0 Å². The molecule has 0 aliphatic carbocycles. The first-order chi connectivity index (χ1) is 10.1. The largest absolute Gasteiger partial charge is 0.384 e. The second-order valence-electron chi connectivity index (χ2n) is 4.94. The van der Waals surface area contributed by atoms with Crippen molar-refractivity contribution in [3.63, 3.8) is 0 Å². The van der Waals surface area contributed by atoms with Crippen LogP contribution in [0.15, 0.2) is 40.9 Å². The lowest BCUT2D eigenvalue weighted by Crippen LogP contribution is -2.19. The molecule has 0 unspecified atom stereocenters. The van der Waals surface area contributed by atoms with Crippen LogP contribution in [0, 0.1) is 0 Å². The highest BCUT2D eigenvalue weighted by Crippen LogP contribution is 2.33. The number of benzene rings is 2. The number of amides is 1. The fourth-order valence-corrected chi connectivity index (χ4v) is 3.22. The average Bonchev–Trinajstić information content (AvgIpc) is 2.48. The number of carbonyl (C=O) groups excluding carboxylic acids is 1. The second kappa shape index (κ2) is 6.08. The average molecular weight is 366 g/mol. The van der Waals surface area contributed by atoms with Gasteiger partial charge in [0.15, 0.2) is 0 Å². The number of fused-ring (bicyclic) bond motifs is 1. The van der Waals surface area contributed by atoms with Gasteiger partial charge in [0.2, 0.25) is 0 Å². The van der Waals surface area contributed by atoms with Gasteiger partial charge in [-0.2, -0.15) is 0 Å². The summed E-state index contributed by atoms with van der Waals surface area (Å²) in [5.74, 6) is -0.129. The first-order valence-electron chi connectivity index (χ1n) is 6.77. The molecule has 0 saturated heterocycles. The number of hydrogen-bond acceptors (Lipinski definition) is 2. The minimum absolute atomic E-state index is 0.129. The topological polar surface area (TPSA) is 41.1 Å². The van der Waals surface area contributed by atoms with Crippen LogP contribution < -0.4 is 10.6 Å². The number of rotatable bonds is 2. The second-order valence-corrected chi connectivity index (χ2v) is 6.23. The molecule has 3 nitrogen and oxygen atoms in total. The van der Waals surface area contributed by atoms with E-state index in [2.05, 4.69) is 26.6 Å². The molecule has 1 heterocycles. The van der Waals surface area contributed by atoms with E-state index in [9.17, 15) is 4.79 Å². The van der Waals surface area contributed by atoms with Crippen LogP contribution >= 0.6 is 27.5 Å². The zero-order chi connectivity index (χ0) is 14.8. The van der Waals surface area contributed by atoms with Crippen LogP contribution in [0.1, 0.15) is 22.3 Å². The summed E-state index contributed by atoms with van der Waals surface area (Å²) in [5, 5.41) is 6.82. The van der Waals surface area contributed by atoms with Crippen molar-refractivity contribution in [1.82, 2.24) is 0 Å². The maximum Gasteiger partial charge on any atom is 0.257 e. The highest BCUT2D eigenvalue weighted by atomic mass is 79.9. The van der Waals surface area contributed by atoms with Crippen LogP contribution in [-0.4, -0.2) is 12.5 Å². The van der Waals surface area contributed by atoms with Crippen LogP contribution in [0.25, 0.3) is 0 Å². The first-order valence-corrected chi connectivity index (χ1v) is 7.94. The molecule has 0 spiro atoms. The molecule has 0 radical (unpaired) electrons. The Labute approximate surface area is 136 Å². The van der Waals surface area contributed by atoms with Crippen molar-refractivity contribution in [2.45, 2.75) is 12.8 Å². The molecule has 0 aromatic heterocycles. The van der Waals surface area contributed by atoms with Gasteiger partial charge in [-0.05, 0) is 48.7 Å². The highest BCUT2D eigenvalue weighted by molar-refractivity contribution is 9.10. The van der Waals surface area contributed by atoms with Crippen molar-refractivity contribution in [3.05, 3.63) is 57.0 Å². The first kappa shape index (κ1) is 14.4. The van der Waals surface area contributed by atoms with Gasteiger partial charge in [0.05, 0.1) is 11.3 Å². The quantitative estimate of drug-likeness (QED) is 0.809. The molecule has 2 aromatic rings. The number of nitrogens with one attached hydrogen (secondary N) is 2. The Morgan fingerprint density at radius 1 is 1.29 bits per heavy atom. The molecule has 1 aliphatic rings. The molecule has 0 fully saturated rings. The maximum absolute atomic E-state index is 12.5. The van der Waals surface area contributed by atoms with Gasteiger partial charge in [-0.1, -0.05) is 33.6 Å². The van der Waals surface area contributed by atoms with Crippen molar-refractivity contribution in [2.75, 3.05) is 17.2 Å². The van der Waals surface area contributed by atoms with E-state index in [1.54, 1.807) is 12.1 Å². The molecular weight excluding hydrogens is 352 g/mol. The standard InChI is InChI=1S/C16H14BrClN2O/c17-14-7-6-13(15-12(14)5-2-8-19-15)16(21)20-11-4-1-3-10(18)9-11/h1,3-4,6-7,9,19H,2,5,8H2,(H,20,21). The SMILES string of the molecule is O=C(Nc1cccc(Cl)c1)c1ccc(Br)c2c1NCCC2. The van der Waals surface area contributed by atoms with E-state index < -0.39 is 0 Å². The molecule has 3 rings (SSSR count). The van der Waals surface area contributed by atoms with Crippen molar-refractivity contribution in [3.8, 4) is 0 Å². The molecule has 21 heavy (non-hydrogen) atoms. The predicted octanol–water partition coefficient (Wildman–Crippen LogP) is 4.71. The van der Waals surface area contributed by atoms with E-state index in [1.165, 1.54) is 5.56 Å². The fourth-order valence-electron chi connectivity index (χ4n) is 2.50. The van der Waals surface area contributed by atoms with E-state index in [0.29, 0.717) is 16.3 Å². The van der Waals surface area contributed by atoms with Crippen molar-refractivity contribution >= 4 is 44.8 Å². The molecule has 0 bridgehead atoms. The highest BCUT2D eigenvalue weighted by Gasteiger charge is 2.19. The van der Waals surface area contributed by atoms with Crippen molar-refractivity contribution < 1.29 is 4.79 Å². The summed E-state index contributed by atoms with van der Waals surface area (Å²) in [6.07, 6.45) is 2.05. The Bertz CT molecular complexity index is 703. The summed E-state index contributed by atoms with van der Waals surface area (Å²) >= 11 is 9.49. The minimum Gasteiger partial charge on any atom is -0.384 e. The number of halogens is 2. The molecular formula is C16H14BrClN2O. The predicted molar refractivity (Wildman–Crippen MR) is 90.4 cm³/mol. The van der Waals surface area contributed by atoms with E-state index in [-0.39, 0.29) is 5.91 Å². The van der Waals surface area contributed by atoms with Gasteiger partial charge < -0.3 is 10.6 Å². The van der Waals surface area contributed by atoms with Crippen LogP contribution in [-0.2, 0) is 6.42 Å². The van der Waals surface area contributed by atoms with Crippen LogP contribution in [0.4, 0.5) is 11.4 Å². The maximum atomic E-state index is 12.5. The molecule has 2 N–H and O–H groups in total. The lowest BCUT2D eigenvalue weighted by molar-refractivity contribution is 0.102. The summed E-state index contributed by atoms with van der Waals surface area (Å²) < 4.78 is 1.05. The van der Waals surface area contributed by atoms with E-state index in [0.717, 1.165) is 29.5 Å². The zero-order valence-electron chi connectivity index (χ0n) is 11.2. The lowest BCUT2D eigenvalue weighted by Gasteiger charge is -2.22. The Hall–Kier alpha value is -1.52. The molecule has 0 saturated carbocycles. The molecule has 1 amide bonds. The van der Waals surface area contributed by atoms with Gasteiger partial charge in [0.25, 0.3) is 5.91 Å². The summed E-state index contributed by atoms with van der Waals surface area (Å²) in [6, 6.07) is 10.9. The monoisotopic (exact) mass is 364 g/mol. The van der Waals surface area contributed by atoms with Gasteiger partial charge in [0.1, 0.15) is 0 Å². The Balaban J connectivity index is 1.91. The van der Waals surface area contributed by atoms with Gasteiger partial charge in [-0.15, -0.1) is 0 Å². The number of hydrogen-bond donors (Lipinski definition) is 2.